The molecule has 1 aliphatic rings. The normalized spacial score (nSPS) is 13.0. The van der Waals surface area contributed by atoms with Gasteiger partial charge in [0.15, 0.2) is 0 Å². The highest BCUT2D eigenvalue weighted by molar-refractivity contribution is 6.01. The van der Waals surface area contributed by atoms with Crippen molar-refractivity contribution in [3.05, 3.63) is 77.0 Å². The Labute approximate surface area is 164 Å². The van der Waals surface area contributed by atoms with E-state index < -0.39 is 4.92 Å². The third kappa shape index (κ3) is 2.76. The molecule has 0 atom stereocenters. The number of imidazole rings is 1. The van der Waals surface area contributed by atoms with Gasteiger partial charge in [-0.2, -0.15) is 0 Å². The zero-order valence-electron chi connectivity index (χ0n) is 15.0. The third-order valence-corrected chi connectivity index (χ3v) is 4.75. The van der Waals surface area contributed by atoms with Crippen LogP contribution in [0.1, 0.15) is 4.79 Å². The standard InChI is InChI=1S/C20H14N6O3/c27-18-12-24(20-23-15-4-1-2-5-16(15)25(18)20)14-9-7-13(8-10-14)22-19-17(26(28)29)6-3-11-21-19/h1-11H,12H2,(H,21,22). The van der Waals surface area contributed by atoms with Gasteiger partial charge in [-0.3, -0.25) is 14.9 Å². The molecule has 0 spiro atoms. The Kier molecular flexibility index (Phi) is 3.73. The lowest BCUT2D eigenvalue weighted by Crippen LogP contribution is -2.17. The number of nitro groups is 1. The van der Waals surface area contributed by atoms with Gasteiger partial charge in [-0.15, -0.1) is 0 Å². The molecule has 29 heavy (non-hydrogen) atoms. The number of pyridine rings is 1. The molecule has 0 fully saturated rings. The summed E-state index contributed by atoms with van der Waals surface area (Å²) in [6.07, 6.45) is 1.49. The minimum absolute atomic E-state index is 0.0417. The van der Waals surface area contributed by atoms with Gasteiger partial charge in [0.25, 0.3) is 5.91 Å². The molecule has 1 aliphatic heterocycles. The van der Waals surface area contributed by atoms with Crippen LogP contribution in [0, 0.1) is 10.1 Å². The minimum Gasteiger partial charge on any atom is -0.334 e. The van der Waals surface area contributed by atoms with Gasteiger partial charge in [-0.05, 0) is 42.5 Å². The van der Waals surface area contributed by atoms with Gasteiger partial charge in [-0.25, -0.2) is 14.5 Å². The zero-order chi connectivity index (χ0) is 20.0. The van der Waals surface area contributed by atoms with Crippen LogP contribution in [0.3, 0.4) is 0 Å². The summed E-state index contributed by atoms with van der Waals surface area (Å²) >= 11 is 0. The lowest BCUT2D eigenvalue weighted by Gasteiger charge is -2.15. The maximum absolute atomic E-state index is 12.5. The van der Waals surface area contributed by atoms with Crippen molar-refractivity contribution in [2.45, 2.75) is 0 Å². The minimum atomic E-state index is -0.482. The molecule has 0 unspecified atom stereocenters. The predicted molar refractivity (Wildman–Crippen MR) is 108 cm³/mol. The number of benzene rings is 2. The molecular formula is C20H14N6O3. The van der Waals surface area contributed by atoms with Crippen molar-refractivity contribution < 1.29 is 9.72 Å². The van der Waals surface area contributed by atoms with E-state index >= 15 is 0 Å². The molecule has 2 aromatic carbocycles. The van der Waals surface area contributed by atoms with E-state index in [0.717, 1.165) is 16.7 Å². The van der Waals surface area contributed by atoms with Crippen LogP contribution in [0.5, 0.6) is 0 Å². The molecule has 0 bridgehead atoms. The van der Waals surface area contributed by atoms with Crippen LogP contribution >= 0.6 is 0 Å². The topological polar surface area (TPSA) is 106 Å². The summed E-state index contributed by atoms with van der Waals surface area (Å²) in [4.78, 5) is 33.7. The Balaban J connectivity index is 1.45. The number of rotatable bonds is 4. The molecule has 142 valence electrons. The number of hydrogen-bond acceptors (Lipinski definition) is 7. The van der Waals surface area contributed by atoms with Gasteiger partial charge in [0.2, 0.25) is 11.8 Å². The molecule has 4 aromatic rings. The number of carbonyl (C=O) groups is 1. The molecule has 1 N–H and O–H groups in total. The second kappa shape index (κ2) is 6.41. The smallest absolute Gasteiger partial charge is 0.311 e. The molecule has 0 aliphatic carbocycles. The average Bonchev–Trinajstić information content (AvgIpc) is 3.26. The van der Waals surface area contributed by atoms with Crippen LogP contribution in [0.2, 0.25) is 0 Å². The van der Waals surface area contributed by atoms with Crippen molar-refractivity contribution in [1.29, 1.82) is 0 Å². The number of hydrogen-bond donors (Lipinski definition) is 1. The Morgan fingerprint density at radius 1 is 1.03 bits per heavy atom. The van der Waals surface area contributed by atoms with Crippen molar-refractivity contribution in [1.82, 2.24) is 14.5 Å². The number of nitrogens with one attached hydrogen (secondary N) is 1. The molecule has 5 rings (SSSR count). The van der Waals surface area contributed by atoms with E-state index in [2.05, 4.69) is 15.3 Å². The van der Waals surface area contributed by atoms with Crippen LogP contribution in [0.25, 0.3) is 11.0 Å². The quantitative estimate of drug-likeness (QED) is 0.419. The SMILES string of the molecule is O=C1CN(c2ccc(Nc3ncccc3[N+](=O)[O-])cc2)c2nc3ccccc3n21. The first kappa shape index (κ1) is 16.9. The van der Waals surface area contributed by atoms with Crippen molar-refractivity contribution in [3.63, 3.8) is 0 Å². The van der Waals surface area contributed by atoms with Gasteiger partial charge in [0.05, 0.1) is 16.0 Å². The largest absolute Gasteiger partial charge is 0.334 e. The van der Waals surface area contributed by atoms with Gasteiger partial charge in [0, 0.05) is 23.6 Å². The van der Waals surface area contributed by atoms with Gasteiger partial charge in [0.1, 0.15) is 6.54 Å². The number of nitrogens with zero attached hydrogens (tertiary/aromatic N) is 5. The fourth-order valence-corrected chi connectivity index (χ4v) is 3.43. The number of aromatic nitrogens is 3. The molecule has 0 saturated heterocycles. The van der Waals surface area contributed by atoms with Gasteiger partial charge in [-0.1, -0.05) is 12.1 Å². The van der Waals surface area contributed by atoms with E-state index in [1.54, 1.807) is 16.7 Å². The van der Waals surface area contributed by atoms with Crippen LogP contribution in [-0.4, -0.2) is 31.9 Å². The summed E-state index contributed by atoms with van der Waals surface area (Å²) in [5.41, 5.74) is 2.90. The molecular weight excluding hydrogens is 372 g/mol. The van der Waals surface area contributed by atoms with Gasteiger partial charge >= 0.3 is 5.69 Å². The summed E-state index contributed by atoms with van der Waals surface area (Å²) in [6, 6.07) is 17.7. The number of para-hydroxylation sites is 2. The van der Waals surface area contributed by atoms with Crippen molar-refractivity contribution in [3.8, 4) is 0 Å². The van der Waals surface area contributed by atoms with E-state index in [0.29, 0.717) is 11.6 Å². The van der Waals surface area contributed by atoms with Crippen molar-refractivity contribution in [2.24, 2.45) is 0 Å². The Bertz CT molecular complexity index is 1260. The third-order valence-electron chi connectivity index (χ3n) is 4.75. The van der Waals surface area contributed by atoms with E-state index in [4.69, 9.17) is 0 Å². The second-order valence-electron chi connectivity index (χ2n) is 6.52. The maximum Gasteiger partial charge on any atom is 0.311 e. The summed E-state index contributed by atoms with van der Waals surface area (Å²) in [5.74, 6) is 0.709. The van der Waals surface area contributed by atoms with Crippen molar-refractivity contribution >= 4 is 45.8 Å². The van der Waals surface area contributed by atoms with Crippen LogP contribution in [-0.2, 0) is 0 Å². The van der Waals surface area contributed by atoms with E-state index in [-0.39, 0.29) is 24.0 Å². The fraction of sp³-hybridized carbons (Fsp3) is 0.0500. The molecule has 0 radical (unpaired) electrons. The monoisotopic (exact) mass is 386 g/mol. The molecule has 3 heterocycles. The first-order valence-electron chi connectivity index (χ1n) is 8.86. The zero-order valence-corrected chi connectivity index (χ0v) is 15.0. The highest BCUT2D eigenvalue weighted by atomic mass is 16.6. The number of carbonyl (C=O) groups excluding carboxylic acids is 1. The summed E-state index contributed by atoms with van der Waals surface area (Å²) in [5, 5.41) is 14.1. The van der Waals surface area contributed by atoms with Crippen molar-refractivity contribution in [2.75, 3.05) is 16.8 Å². The molecule has 0 saturated carbocycles. The Hall–Kier alpha value is -4.27. The summed E-state index contributed by atoms with van der Waals surface area (Å²) in [7, 11) is 0. The maximum atomic E-state index is 12.5. The lowest BCUT2D eigenvalue weighted by molar-refractivity contribution is -0.384. The van der Waals surface area contributed by atoms with Gasteiger partial charge < -0.3 is 10.2 Å². The average molecular weight is 386 g/mol. The summed E-state index contributed by atoms with van der Waals surface area (Å²) < 4.78 is 1.62. The first-order chi connectivity index (χ1) is 14.1. The van der Waals surface area contributed by atoms with E-state index in [1.165, 1.54) is 18.3 Å². The summed E-state index contributed by atoms with van der Waals surface area (Å²) in [6.45, 7) is 0.200. The Morgan fingerprint density at radius 3 is 2.62 bits per heavy atom. The fourth-order valence-electron chi connectivity index (χ4n) is 3.43. The second-order valence-corrected chi connectivity index (χ2v) is 6.52. The first-order valence-corrected chi connectivity index (χ1v) is 8.86. The molecule has 9 heteroatoms. The highest BCUT2D eigenvalue weighted by Crippen LogP contribution is 2.34. The Morgan fingerprint density at radius 2 is 1.83 bits per heavy atom. The lowest BCUT2D eigenvalue weighted by atomic mass is 10.2. The van der Waals surface area contributed by atoms with E-state index in [9.17, 15) is 14.9 Å². The molecule has 0 amide bonds. The molecule has 9 nitrogen and oxygen atoms in total. The van der Waals surface area contributed by atoms with E-state index in [1.807, 2.05) is 41.3 Å². The van der Waals surface area contributed by atoms with Crippen LogP contribution < -0.4 is 10.2 Å². The predicted octanol–water partition coefficient (Wildman–Crippen LogP) is 3.88. The van der Waals surface area contributed by atoms with Crippen LogP contribution in [0.15, 0.2) is 66.9 Å². The number of fused-ring (bicyclic) bond motifs is 3. The highest BCUT2D eigenvalue weighted by Gasteiger charge is 2.31. The molecule has 2 aromatic heterocycles. The van der Waals surface area contributed by atoms with Crippen LogP contribution in [0.4, 0.5) is 28.8 Å². The number of anilines is 4.